The third kappa shape index (κ3) is 6.12. The summed E-state index contributed by atoms with van der Waals surface area (Å²) in [5, 5.41) is 12.4. The molecule has 0 fully saturated rings. The normalized spacial score (nSPS) is 13.4. The molecule has 23 heavy (non-hydrogen) atoms. The number of hydrogen-bond acceptors (Lipinski definition) is 5. The van der Waals surface area contributed by atoms with Crippen molar-refractivity contribution in [3.8, 4) is 0 Å². The number of rotatable bonds is 10. The minimum absolute atomic E-state index is 0.0430. The van der Waals surface area contributed by atoms with Gasteiger partial charge >= 0.3 is 5.97 Å². The van der Waals surface area contributed by atoms with Crippen LogP contribution in [0.1, 0.15) is 49.5 Å². The van der Waals surface area contributed by atoms with Gasteiger partial charge in [-0.3, -0.25) is 9.59 Å². The van der Waals surface area contributed by atoms with Crippen molar-refractivity contribution < 1.29 is 19.4 Å². The summed E-state index contributed by atoms with van der Waals surface area (Å²) >= 11 is 0. The van der Waals surface area contributed by atoms with Gasteiger partial charge in [0.15, 0.2) is 5.78 Å². The lowest BCUT2D eigenvalue weighted by Gasteiger charge is -2.22. The quantitative estimate of drug-likeness (QED) is 0.510. The second-order valence-corrected chi connectivity index (χ2v) is 5.43. The molecular weight excluding hydrogens is 294 g/mol. The molecule has 5 heteroatoms. The second-order valence-electron chi connectivity index (χ2n) is 5.43. The Morgan fingerprint density at radius 3 is 2.30 bits per heavy atom. The molecule has 1 aromatic carbocycles. The average molecular weight is 321 g/mol. The molecule has 0 saturated carbocycles. The molecule has 1 rings (SSSR count). The molecule has 0 spiro atoms. The van der Waals surface area contributed by atoms with Crippen LogP contribution in [0, 0.1) is 0 Å². The molecule has 2 unspecified atom stereocenters. The van der Waals surface area contributed by atoms with Crippen molar-refractivity contribution in [2.45, 2.75) is 52.1 Å². The molecule has 1 aromatic rings. The third-order valence-electron chi connectivity index (χ3n) is 3.79. The molecule has 0 aliphatic carbocycles. The number of ether oxygens (including phenoxy) is 1. The number of carbonyl (C=O) groups excluding carboxylic acids is 2. The summed E-state index contributed by atoms with van der Waals surface area (Å²) in [6, 6.07) is 6.46. The highest BCUT2D eigenvalue weighted by Gasteiger charge is 2.25. The van der Waals surface area contributed by atoms with E-state index in [9.17, 15) is 14.7 Å². The summed E-state index contributed by atoms with van der Waals surface area (Å²) in [6.45, 7) is 5.89. The van der Waals surface area contributed by atoms with E-state index in [2.05, 4.69) is 12.2 Å². The fourth-order valence-electron chi connectivity index (χ4n) is 2.30. The molecule has 5 nitrogen and oxygen atoms in total. The first-order valence-corrected chi connectivity index (χ1v) is 8.21. The molecule has 128 valence electrons. The van der Waals surface area contributed by atoms with Crippen molar-refractivity contribution >= 4 is 11.8 Å². The van der Waals surface area contributed by atoms with Crippen molar-refractivity contribution in [3.05, 3.63) is 35.4 Å². The van der Waals surface area contributed by atoms with Gasteiger partial charge in [0.25, 0.3) is 0 Å². The first kappa shape index (κ1) is 19.3. The van der Waals surface area contributed by atoms with E-state index in [-0.39, 0.29) is 31.5 Å². The molecule has 0 heterocycles. The predicted octanol–water partition coefficient (Wildman–Crippen LogP) is 2.11. The largest absolute Gasteiger partial charge is 0.466 e. The highest BCUT2D eigenvalue weighted by Crippen LogP contribution is 2.11. The summed E-state index contributed by atoms with van der Waals surface area (Å²) in [5.74, 6) is -0.580. The first-order valence-electron chi connectivity index (χ1n) is 8.21. The van der Waals surface area contributed by atoms with E-state index in [1.54, 1.807) is 19.1 Å². The summed E-state index contributed by atoms with van der Waals surface area (Å²) in [5.41, 5.74) is 1.70. The fourth-order valence-corrected chi connectivity index (χ4v) is 2.30. The molecule has 0 aliphatic rings. The van der Waals surface area contributed by atoms with E-state index >= 15 is 0 Å². The van der Waals surface area contributed by atoms with Crippen LogP contribution in [0.5, 0.6) is 0 Å². The Morgan fingerprint density at radius 1 is 1.17 bits per heavy atom. The smallest absolute Gasteiger partial charge is 0.307 e. The minimum Gasteiger partial charge on any atom is -0.466 e. The first-order chi connectivity index (χ1) is 11.0. The Hall–Kier alpha value is -1.72. The van der Waals surface area contributed by atoms with Gasteiger partial charge in [-0.05, 0) is 25.3 Å². The van der Waals surface area contributed by atoms with Gasteiger partial charge in [-0.1, -0.05) is 38.1 Å². The predicted molar refractivity (Wildman–Crippen MR) is 89.5 cm³/mol. The second kappa shape index (κ2) is 10.1. The van der Waals surface area contributed by atoms with Crippen LogP contribution in [0.2, 0.25) is 0 Å². The van der Waals surface area contributed by atoms with E-state index in [0.29, 0.717) is 12.0 Å². The number of esters is 1. The average Bonchev–Trinajstić information content (AvgIpc) is 2.58. The van der Waals surface area contributed by atoms with Gasteiger partial charge < -0.3 is 15.2 Å². The lowest BCUT2D eigenvalue weighted by Crippen LogP contribution is -2.46. The molecule has 0 amide bonds. The van der Waals surface area contributed by atoms with Crippen molar-refractivity contribution in [1.82, 2.24) is 5.32 Å². The Labute approximate surface area is 138 Å². The van der Waals surface area contributed by atoms with Gasteiger partial charge in [-0.2, -0.15) is 0 Å². The Morgan fingerprint density at radius 2 is 1.83 bits per heavy atom. The fraction of sp³-hybridized carbons (Fsp3) is 0.556. The lowest BCUT2D eigenvalue weighted by molar-refractivity contribution is -0.143. The van der Waals surface area contributed by atoms with Gasteiger partial charge in [0.2, 0.25) is 0 Å². The van der Waals surface area contributed by atoms with Gasteiger partial charge in [-0.15, -0.1) is 0 Å². The maximum absolute atomic E-state index is 12.7. The Kier molecular flexibility index (Phi) is 8.51. The van der Waals surface area contributed by atoms with Crippen LogP contribution in [0.3, 0.4) is 0 Å². The highest BCUT2D eigenvalue weighted by molar-refractivity contribution is 6.01. The van der Waals surface area contributed by atoms with Gasteiger partial charge in [0.05, 0.1) is 25.7 Å². The number of carbonyl (C=O) groups is 2. The van der Waals surface area contributed by atoms with E-state index in [4.69, 9.17) is 4.74 Å². The molecular formula is C18H27NO4. The summed E-state index contributed by atoms with van der Waals surface area (Å²) in [7, 11) is 0. The third-order valence-corrected chi connectivity index (χ3v) is 3.79. The van der Waals surface area contributed by atoms with Crippen LogP contribution in [0.15, 0.2) is 24.3 Å². The summed E-state index contributed by atoms with van der Waals surface area (Å²) in [6.07, 6.45) is 1.53. The molecule has 0 radical (unpaired) electrons. The zero-order valence-corrected chi connectivity index (χ0v) is 14.2. The number of hydrogen-bond donors (Lipinski definition) is 2. The summed E-state index contributed by atoms with van der Waals surface area (Å²) in [4.78, 5) is 24.5. The van der Waals surface area contributed by atoms with Gasteiger partial charge in [0, 0.05) is 11.6 Å². The molecule has 0 bridgehead atoms. The van der Waals surface area contributed by atoms with Gasteiger partial charge in [-0.25, -0.2) is 0 Å². The zero-order chi connectivity index (χ0) is 17.2. The Bertz CT molecular complexity index is 494. The number of aliphatic hydroxyl groups excluding tert-OH is 1. The molecule has 0 aliphatic heterocycles. The van der Waals surface area contributed by atoms with Crippen LogP contribution in [-0.4, -0.2) is 42.2 Å². The van der Waals surface area contributed by atoms with E-state index < -0.39 is 12.0 Å². The topological polar surface area (TPSA) is 75.6 Å². The minimum atomic E-state index is -0.696. The maximum atomic E-state index is 12.7. The molecule has 2 atom stereocenters. The monoisotopic (exact) mass is 321 g/mol. The van der Waals surface area contributed by atoms with E-state index in [0.717, 1.165) is 12.0 Å². The number of nitrogens with one attached hydrogen (secondary N) is 1. The number of Topliss-reactive ketones (excluding diaryl/α,β-unsaturated/α-hetero) is 1. The van der Waals surface area contributed by atoms with Crippen LogP contribution in [-0.2, 0) is 16.0 Å². The highest BCUT2D eigenvalue weighted by atomic mass is 16.5. The SMILES string of the molecule is CCOC(=O)CC(NC(CC)CO)C(=O)c1ccc(CC)cc1. The van der Waals surface area contributed by atoms with Crippen LogP contribution < -0.4 is 5.32 Å². The van der Waals surface area contributed by atoms with E-state index in [1.807, 2.05) is 19.1 Å². The molecule has 0 aromatic heterocycles. The number of benzene rings is 1. The van der Waals surface area contributed by atoms with Crippen molar-refractivity contribution in [3.63, 3.8) is 0 Å². The molecule has 0 saturated heterocycles. The summed E-state index contributed by atoms with van der Waals surface area (Å²) < 4.78 is 4.95. The maximum Gasteiger partial charge on any atom is 0.307 e. The number of ketones is 1. The number of aliphatic hydroxyl groups is 1. The van der Waals surface area contributed by atoms with Crippen molar-refractivity contribution in [1.29, 1.82) is 0 Å². The molecule has 2 N–H and O–H groups in total. The van der Waals surface area contributed by atoms with Crippen LogP contribution in [0.4, 0.5) is 0 Å². The standard InChI is InChI=1S/C18H27NO4/c1-4-13-7-9-14(10-8-13)18(22)16(11-17(21)23-6-3)19-15(5-2)12-20/h7-10,15-16,19-20H,4-6,11-12H2,1-3H3. The zero-order valence-electron chi connectivity index (χ0n) is 14.2. The van der Waals surface area contributed by atoms with Crippen molar-refractivity contribution in [2.75, 3.05) is 13.2 Å². The van der Waals surface area contributed by atoms with Crippen LogP contribution in [0.25, 0.3) is 0 Å². The van der Waals surface area contributed by atoms with E-state index in [1.165, 1.54) is 0 Å². The van der Waals surface area contributed by atoms with Crippen LogP contribution >= 0.6 is 0 Å². The van der Waals surface area contributed by atoms with Gasteiger partial charge in [0.1, 0.15) is 0 Å². The number of aryl methyl sites for hydroxylation is 1. The Balaban J connectivity index is 2.90. The lowest BCUT2D eigenvalue weighted by atomic mass is 9.98. The van der Waals surface area contributed by atoms with Crippen molar-refractivity contribution in [2.24, 2.45) is 0 Å².